The van der Waals surface area contributed by atoms with Crippen LogP contribution in [-0.2, 0) is 6.42 Å². The van der Waals surface area contributed by atoms with Crippen molar-refractivity contribution >= 4 is 16.9 Å². The van der Waals surface area contributed by atoms with Gasteiger partial charge in [-0.25, -0.2) is 9.97 Å². The molecule has 1 fully saturated rings. The zero-order chi connectivity index (χ0) is 11.8. The Morgan fingerprint density at radius 2 is 2.41 bits per heavy atom. The van der Waals surface area contributed by atoms with E-state index in [1.807, 2.05) is 0 Å². The molecule has 0 spiro atoms. The smallest absolute Gasteiger partial charge is 0.195 e. The topological polar surface area (TPSA) is 68.2 Å². The number of anilines is 1. The van der Waals surface area contributed by atoms with Crippen molar-refractivity contribution < 1.29 is 4.42 Å². The van der Waals surface area contributed by atoms with Gasteiger partial charge in [0.05, 0.1) is 6.26 Å². The number of hydrogen-bond acceptors (Lipinski definition) is 5. The van der Waals surface area contributed by atoms with Gasteiger partial charge in [0, 0.05) is 24.7 Å². The summed E-state index contributed by atoms with van der Waals surface area (Å²) in [6.45, 7) is 3.88. The molecule has 2 N–H and O–H groups in total. The summed E-state index contributed by atoms with van der Waals surface area (Å²) in [6.07, 6.45) is 5.31. The SMILES string of the molecule is CCc1coc2c(N3CC[C@@H](N)C3)ncnc12. The van der Waals surface area contributed by atoms with Crippen molar-refractivity contribution in [1.82, 2.24) is 9.97 Å². The molecule has 0 radical (unpaired) electrons. The summed E-state index contributed by atoms with van der Waals surface area (Å²) < 4.78 is 5.61. The van der Waals surface area contributed by atoms with Crippen molar-refractivity contribution in [3.05, 3.63) is 18.2 Å². The van der Waals surface area contributed by atoms with Gasteiger partial charge in [0.2, 0.25) is 0 Å². The minimum Gasteiger partial charge on any atom is -0.458 e. The van der Waals surface area contributed by atoms with Crippen LogP contribution >= 0.6 is 0 Å². The first kappa shape index (κ1) is 10.5. The molecule has 1 saturated heterocycles. The summed E-state index contributed by atoms with van der Waals surface area (Å²) in [5, 5.41) is 0. The predicted octanol–water partition coefficient (Wildman–Crippen LogP) is 1.32. The summed E-state index contributed by atoms with van der Waals surface area (Å²) in [6, 6.07) is 0.237. The fourth-order valence-corrected chi connectivity index (χ4v) is 2.34. The predicted molar refractivity (Wildman–Crippen MR) is 66.0 cm³/mol. The molecule has 2 aromatic rings. The van der Waals surface area contributed by atoms with Crippen LogP contribution in [0.25, 0.3) is 11.1 Å². The van der Waals surface area contributed by atoms with E-state index in [9.17, 15) is 0 Å². The molecule has 5 nitrogen and oxygen atoms in total. The van der Waals surface area contributed by atoms with Crippen molar-refractivity contribution in [3.63, 3.8) is 0 Å². The van der Waals surface area contributed by atoms with Gasteiger partial charge in [0.25, 0.3) is 0 Å². The van der Waals surface area contributed by atoms with Crippen LogP contribution < -0.4 is 10.6 Å². The highest BCUT2D eigenvalue weighted by molar-refractivity contribution is 5.86. The zero-order valence-corrected chi connectivity index (χ0v) is 9.89. The van der Waals surface area contributed by atoms with Crippen LogP contribution in [0.2, 0.25) is 0 Å². The van der Waals surface area contributed by atoms with Crippen molar-refractivity contribution in [3.8, 4) is 0 Å². The van der Waals surface area contributed by atoms with Crippen LogP contribution in [0, 0.1) is 0 Å². The summed E-state index contributed by atoms with van der Waals surface area (Å²) in [5.41, 5.74) is 8.77. The lowest BCUT2D eigenvalue weighted by Crippen LogP contribution is -2.27. The summed E-state index contributed by atoms with van der Waals surface area (Å²) in [7, 11) is 0. The lowest BCUT2D eigenvalue weighted by atomic mass is 10.2. The van der Waals surface area contributed by atoms with E-state index in [2.05, 4.69) is 21.8 Å². The van der Waals surface area contributed by atoms with E-state index in [0.29, 0.717) is 0 Å². The molecule has 17 heavy (non-hydrogen) atoms. The molecule has 0 bridgehead atoms. The van der Waals surface area contributed by atoms with E-state index in [0.717, 1.165) is 48.4 Å². The van der Waals surface area contributed by atoms with Gasteiger partial charge in [-0.2, -0.15) is 0 Å². The first-order valence-corrected chi connectivity index (χ1v) is 6.01. The highest BCUT2D eigenvalue weighted by Gasteiger charge is 2.24. The van der Waals surface area contributed by atoms with Crippen molar-refractivity contribution in [2.24, 2.45) is 5.73 Å². The van der Waals surface area contributed by atoms with Crippen LogP contribution in [0.3, 0.4) is 0 Å². The number of hydrogen-bond donors (Lipinski definition) is 1. The van der Waals surface area contributed by atoms with Crippen LogP contribution in [0.15, 0.2) is 17.0 Å². The van der Waals surface area contributed by atoms with E-state index < -0.39 is 0 Å². The van der Waals surface area contributed by atoms with Gasteiger partial charge in [0.1, 0.15) is 11.8 Å². The van der Waals surface area contributed by atoms with Gasteiger partial charge in [-0.15, -0.1) is 0 Å². The first-order chi connectivity index (χ1) is 8.29. The van der Waals surface area contributed by atoms with Gasteiger partial charge in [-0.3, -0.25) is 0 Å². The Hall–Kier alpha value is -1.62. The normalized spacial score (nSPS) is 20.4. The lowest BCUT2D eigenvalue weighted by molar-refractivity contribution is 0.607. The second-order valence-electron chi connectivity index (χ2n) is 4.48. The Morgan fingerprint density at radius 3 is 3.12 bits per heavy atom. The van der Waals surface area contributed by atoms with E-state index in [-0.39, 0.29) is 6.04 Å². The molecular formula is C12H16N4O. The average molecular weight is 232 g/mol. The molecule has 2 aromatic heterocycles. The fraction of sp³-hybridized carbons (Fsp3) is 0.500. The molecule has 0 aromatic carbocycles. The van der Waals surface area contributed by atoms with Gasteiger partial charge in [0.15, 0.2) is 11.4 Å². The highest BCUT2D eigenvalue weighted by atomic mass is 16.3. The third kappa shape index (κ3) is 1.67. The van der Waals surface area contributed by atoms with Crippen molar-refractivity contribution in [2.75, 3.05) is 18.0 Å². The molecule has 0 unspecified atom stereocenters. The number of aromatic nitrogens is 2. The number of nitrogens with two attached hydrogens (primary N) is 1. The van der Waals surface area contributed by atoms with Crippen LogP contribution in [-0.4, -0.2) is 29.1 Å². The standard InChI is InChI=1S/C12H16N4O/c1-2-8-6-17-11-10(8)14-7-15-12(11)16-4-3-9(13)5-16/h6-7,9H,2-5,13H2,1H3/t9-/m1/s1. The summed E-state index contributed by atoms with van der Waals surface area (Å²) in [4.78, 5) is 10.8. The summed E-state index contributed by atoms with van der Waals surface area (Å²) in [5.74, 6) is 0.877. The molecule has 0 amide bonds. The maximum atomic E-state index is 5.92. The van der Waals surface area contributed by atoms with E-state index >= 15 is 0 Å². The Bertz CT molecular complexity index is 536. The number of nitrogens with zero attached hydrogens (tertiary/aromatic N) is 3. The average Bonchev–Trinajstić information content (AvgIpc) is 2.94. The van der Waals surface area contributed by atoms with Gasteiger partial charge in [-0.1, -0.05) is 6.92 Å². The number of fused-ring (bicyclic) bond motifs is 1. The Balaban J connectivity index is 2.07. The molecule has 1 aliphatic heterocycles. The minimum absolute atomic E-state index is 0.237. The quantitative estimate of drug-likeness (QED) is 0.845. The van der Waals surface area contributed by atoms with Crippen LogP contribution in [0.5, 0.6) is 0 Å². The maximum absolute atomic E-state index is 5.92. The molecule has 3 heterocycles. The molecule has 0 aliphatic carbocycles. The second-order valence-corrected chi connectivity index (χ2v) is 4.48. The molecule has 1 atom stereocenters. The molecule has 5 heteroatoms. The number of aryl methyl sites for hydroxylation is 1. The van der Waals surface area contributed by atoms with Crippen LogP contribution in [0.1, 0.15) is 18.9 Å². The van der Waals surface area contributed by atoms with Crippen LogP contribution in [0.4, 0.5) is 5.82 Å². The third-order valence-electron chi connectivity index (χ3n) is 3.31. The van der Waals surface area contributed by atoms with E-state index in [4.69, 9.17) is 10.2 Å². The fourth-order valence-electron chi connectivity index (χ4n) is 2.34. The molecule has 90 valence electrons. The third-order valence-corrected chi connectivity index (χ3v) is 3.31. The number of furan rings is 1. The minimum atomic E-state index is 0.237. The van der Waals surface area contributed by atoms with E-state index in [1.165, 1.54) is 0 Å². The first-order valence-electron chi connectivity index (χ1n) is 6.01. The summed E-state index contributed by atoms with van der Waals surface area (Å²) >= 11 is 0. The lowest BCUT2D eigenvalue weighted by Gasteiger charge is -2.16. The second kappa shape index (κ2) is 4.00. The Morgan fingerprint density at radius 1 is 1.53 bits per heavy atom. The largest absolute Gasteiger partial charge is 0.458 e. The molecular weight excluding hydrogens is 216 g/mol. The number of rotatable bonds is 2. The molecule has 1 aliphatic rings. The maximum Gasteiger partial charge on any atom is 0.195 e. The van der Waals surface area contributed by atoms with E-state index in [1.54, 1.807) is 12.6 Å². The monoisotopic (exact) mass is 232 g/mol. The Kier molecular flexibility index (Phi) is 2.48. The molecule has 3 rings (SSSR count). The van der Waals surface area contributed by atoms with Gasteiger partial charge in [-0.05, 0) is 12.8 Å². The van der Waals surface area contributed by atoms with Gasteiger partial charge < -0.3 is 15.1 Å². The van der Waals surface area contributed by atoms with Crippen molar-refractivity contribution in [1.29, 1.82) is 0 Å². The van der Waals surface area contributed by atoms with Crippen molar-refractivity contribution in [2.45, 2.75) is 25.8 Å². The van der Waals surface area contributed by atoms with Gasteiger partial charge >= 0.3 is 0 Å². The highest BCUT2D eigenvalue weighted by Crippen LogP contribution is 2.28. The Labute approximate surface area is 99.6 Å². The molecule has 0 saturated carbocycles. The zero-order valence-electron chi connectivity index (χ0n) is 9.89.